The van der Waals surface area contributed by atoms with Gasteiger partial charge in [0.1, 0.15) is 0 Å². The zero-order valence-corrected chi connectivity index (χ0v) is 16.6. The maximum atomic E-state index is 12.7. The number of nitrogens with zero attached hydrogens (tertiary/aromatic N) is 1. The molecule has 0 aromatic carbocycles. The maximum absolute atomic E-state index is 12.7. The molecule has 0 spiro atoms. The molecule has 0 aromatic rings. The molecular formula is C20H37N3O3. The fourth-order valence-corrected chi connectivity index (χ4v) is 4.58. The van der Waals surface area contributed by atoms with E-state index >= 15 is 0 Å². The van der Waals surface area contributed by atoms with Gasteiger partial charge < -0.3 is 25.0 Å². The first-order chi connectivity index (χ1) is 12.5. The van der Waals surface area contributed by atoms with Gasteiger partial charge in [-0.2, -0.15) is 0 Å². The van der Waals surface area contributed by atoms with Crippen LogP contribution in [0.5, 0.6) is 0 Å². The van der Waals surface area contributed by atoms with E-state index in [1.807, 2.05) is 4.90 Å². The number of carbonyl (C=O) groups excluding carboxylic acids is 2. The van der Waals surface area contributed by atoms with E-state index in [0.717, 1.165) is 45.3 Å². The second kappa shape index (κ2) is 10.8. The summed E-state index contributed by atoms with van der Waals surface area (Å²) in [6.07, 6.45) is 7.71. The molecule has 1 aliphatic carbocycles. The Labute approximate surface area is 158 Å². The fraction of sp³-hybridized carbons (Fsp3) is 0.900. The summed E-state index contributed by atoms with van der Waals surface area (Å²) in [5, 5.41) is 14.3. The number of rotatable bonds is 8. The second-order valence-corrected chi connectivity index (χ2v) is 8.11. The van der Waals surface area contributed by atoms with Gasteiger partial charge in [-0.25, -0.2) is 4.79 Å². The van der Waals surface area contributed by atoms with E-state index in [1.54, 1.807) is 0 Å². The normalized spacial score (nSPS) is 24.7. The molecule has 2 N–H and O–H groups in total. The zero-order valence-electron chi connectivity index (χ0n) is 16.6. The third-order valence-electron chi connectivity index (χ3n) is 6.41. The third-order valence-corrected chi connectivity index (χ3v) is 6.41. The number of carbonyl (C=O) groups is 2. The van der Waals surface area contributed by atoms with Crippen LogP contribution >= 0.6 is 0 Å². The Morgan fingerprint density at radius 3 is 2.38 bits per heavy atom. The highest BCUT2D eigenvalue weighted by Crippen LogP contribution is 2.29. The molecule has 0 bridgehead atoms. The summed E-state index contributed by atoms with van der Waals surface area (Å²) in [6, 6.07) is 0.361. The minimum absolute atomic E-state index is 0.0454. The van der Waals surface area contributed by atoms with Crippen molar-refractivity contribution in [2.75, 3.05) is 32.7 Å². The van der Waals surface area contributed by atoms with Crippen LogP contribution in [0.3, 0.4) is 0 Å². The number of aliphatic carboxylic acids is 1. The number of quaternary nitrogens is 1. The van der Waals surface area contributed by atoms with Gasteiger partial charge in [-0.15, -0.1) is 0 Å². The molecule has 1 saturated heterocycles. The maximum Gasteiger partial charge on any atom is 0.317 e. The van der Waals surface area contributed by atoms with E-state index in [1.165, 1.54) is 24.2 Å². The Kier molecular flexibility index (Phi) is 8.69. The van der Waals surface area contributed by atoms with Crippen molar-refractivity contribution in [3.63, 3.8) is 0 Å². The lowest BCUT2D eigenvalue weighted by molar-refractivity contribution is -0.897. The number of piperidine rings is 1. The molecule has 6 nitrogen and oxygen atoms in total. The molecule has 0 radical (unpaired) electrons. The summed E-state index contributed by atoms with van der Waals surface area (Å²) in [5.74, 6) is -0.573. The third kappa shape index (κ3) is 6.45. The number of urea groups is 1. The summed E-state index contributed by atoms with van der Waals surface area (Å²) in [4.78, 5) is 27.3. The van der Waals surface area contributed by atoms with Gasteiger partial charge in [0.15, 0.2) is 0 Å². The smallest absolute Gasteiger partial charge is 0.317 e. The highest BCUT2D eigenvalue weighted by atomic mass is 16.4. The summed E-state index contributed by atoms with van der Waals surface area (Å²) in [5.41, 5.74) is 0. The molecule has 26 heavy (non-hydrogen) atoms. The summed E-state index contributed by atoms with van der Waals surface area (Å²) < 4.78 is 0. The van der Waals surface area contributed by atoms with Crippen LogP contribution in [0.1, 0.15) is 65.2 Å². The largest absolute Gasteiger partial charge is 0.550 e. The molecule has 2 fully saturated rings. The van der Waals surface area contributed by atoms with Crippen LogP contribution < -0.4 is 15.3 Å². The lowest BCUT2D eigenvalue weighted by Gasteiger charge is -2.40. The second-order valence-electron chi connectivity index (χ2n) is 8.11. The first kappa shape index (κ1) is 21.0. The van der Waals surface area contributed by atoms with Crippen molar-refractivity contribution in [1.82, 2.24) is 10.2 Å². The van der Waals surface area contributed by atoms with Crippen molar-refractivity contribution in [3.8, 4) is 0 Å². The molecular weight excluding hydrogens is 330 g/mol. The van der Waals surface area contributed by atoms with Crippen LogP contribution in [0, 0.1) is 11.8 Å². The van der Waals surface area contributed by atoms with Gasteiger partial charge in [-0.05, 0) is 51.4 Å². The SMILES string of the molecule is CC[NH+](CC)CC[C@H]1CN(C(=O)NC2CCCCC2)CC[C@H]1CC(=O)[O-]. The van der Waals surface area contributed by atoms with E-state index in [4.69, 9.17) is 0 Å². The number of hydrogen-bond acceptors (Lipinski definition) is 3. The van der Waals surface area contributed by atoms with Crippen molar-refractivity contribution in [2.24, 2.45) is 11.8 Å². The first-order valence-electron chi connectivity index (χ1n) is 10.6. The van der Waals surface area contributed by atoms with Crippen LogP contribution in [0.2, 0.25) is 0 Å². The monoisotopic (exact) mass is 367 g/mol. The van der Waals surface area contributed by atoms with E-state index < -0.39 is 5.97 Å². The molecule has 2 atom stereocenters. The van der Waals surface area contributed by atoms with Crippen LogP contribution in [-0.2, 0) is 4.79 Å². The van der Waals surface area contributed by atoms with Gasteiger partial charge in [0.05, 0.1) is 19.6 Å². The number of carboxylic acids is 1. The Hall–Kier alpha value is -1.30. The number of likely N-dealkylation sites (tertiary alicyclic amines) is 1. The van der Waals surface area contributed by atoms with Crippen LogP contribution in [0.15, 0.2) is 0 Å². The highest BCUT2D eigenvalue weighted by molar-refractivity contribution is 5.74. The van der Waals surface area contributed by atoms with Gasteiger partial charge in [-0.3, -0.25) is 0 Å². The number of carboxylic acid groups (broad SMARTS) is 1. The van der Waals surface area contributed by atoms with E-state index in [-0.39, 0.29) is 24.3 Å². The molecule has 0 aromatic heterocycles. The van der Waals surface area contributed by atoms with Crippen LogP contribution in [0.25, 0.3) is 0 Å². The summed E-state index contributed by atoms with van der Waals surface area (Å²) in [7, 11) is 0. The Morgan fingerprint density at radius 1 is 1.08 bits per heavy atom. The molecule has 6 heteroatoms. The van der Waals surface area contributed by atoms with Crippen molar-refractivity contribution in [2.45, 2.75) is 71.3 Å². The minimum atomic E-state index is -0.963. The molecule has 2 rings (SSSR count). The molecule has 1 saturated carbocycles. The predicted molar refractivity (Wildman–Crippen MR) is 99.7 cm³/mol. The van der Waals surface area contributed by atoms with Gasteiger partial charge in [0, 0.05) is 31.5 Å². The average Bonchev–Trinajstić information content (AvgIpc) is 2.64. The zero-order chi connectivity index (χ0) is 18.9. The van der Waals surface area contributed by atoms with E-state index in [2.05, 4.69) is 19.2 Å². The predicted octanol–water partition coefficient (Wildman–Crippen LogP) is 0.422. The van der Waals surface area contributed by atoms with Crippen molar-refractivity contribution in [1.29, 1.82) is 0 Å². The van der Waals surface area contributed by atoms with Gasteiger partial charge in [0.2, 0.25) is 0 Å². The van der Waals surface area contributed by atoms with Crippen LogP contribution in [-0.4, -0.2) is 55.7 Å². The van der Waals surface area contributed by atoms with E-state index in [0.29, 0.717) is 19.1 Å². The first-order valence-corrected chi connectivity index (χ1v) is 10.6. The lowest BCUT2D eigenvalue weighted by Crippen LogP contribution is -3.11. The van der Waals surface area contributed by atoms with Gasteiger partial charge >= 0.3 is 6.03 Å². The number of amides is 2. The van der Waals surface area contributed by atoms with Crippen molar-refractivity contribution in [3.05, 3.63) is 0 Å². The summed E-state index contributed by atoms with van der Waals surface area (Å²) in [6.45, 7) is 8.91. The Balaban J connectivity index is 1.91. The van der Waals surface area contributed by atoms with Crippen molar-refractivity contribution >= 4 is 12.0 Å². The summed E-state index contributed by atoms with van der Waals surface area (Å²) >= 11 is 0. The van der Waals surface area contributed by atoms with E-state index in [9.17, 15) is 14.7 Å². The molecule has 2 aliphatic rings. The van der Waals surface area contributed by atoms with Crippen molar-refractivity contribution < 1.29 is 19.6 Å². The molecule has 1 heterocycles. The number of hydrogen-bond donors (Lipinski definition) is 2. The molecule has 1 aliphatic heterocycles. The van der Waals surface area contributed by atoms with Gasteiger partial charge in [0.25, 0.3) is 0 Å². The molecule has 150 valence electrons. The highest BCUT2D eigenvalue weighted by Gasteiger charge is 2.32. The lowest BCUT2D eigenvalue weighted by atomic mass is 9.81. The quantitative estimate of drug-likeness (QED) is 0.653. The Morgan fingerprint density at radius 2 is 1.77 bits per heavy atom. The minimum Gasteiger partial charge on any atom is -0.550 e. The molecule has 0 unspecified atom stereocenters. The van der Waals surface area contributed by atoms with Gasteiger partial charge in [-0.1, -0.05) is 19.3 Å². The fourth-order valence-electron chi connectivity index (χ4n) is 4.58. The molecule has 2 amide bonds. The number of nitrogens with one attached hydrogen (secondary N) is 2. The average molecular weight is 368 g/mol. The topological polar surface area (TPSA) is 76.9 Å². The standard InChI is InChI=1S/C20H37N3O3/c1-3-22(4-2)12-10-17-15-23(13-11-16(17)14-19(24)25)20(26)21-18-8-6-5-7-9-18/h16-18H,3-15H2,1-2H3,(H,21,26)(H,24,25)/t16-,17-/m0/s1. The van der Waals surface area contributed by atoms with Crippen LogP contribution in [0.4, 0.5) is 4.79 Å². The Bertz CT molecular complexity index is 448.